The van der Waals surface area contributed by atoms with Crippen LogP contribution in [0.1, 0.15) is 0 Å². The van der Waals surface area contributed by atoms with E-state index >= 15 is 0 Å². The molecule has 3 heteroatoms. The van der Waals surface area contributed by atoms with Crippen molar-refractivity contribution in [3.05, 3.63) is 194 Å². The summed E-state index contributed by atoms with van der Waals surface area (Å²) in [7, 11) is 0. The predicted octanol–water partition coefficient (Wildman–Crippen LogP) is 14.0. The normalized spacial score (nSPS) is 11.5. The SMILES string of the molecule is c1ccc(-c2ccccc2N(c2ccccc2)c2cc(-c3ccc(-n4c5ccccc5c5ccccc54)cc3)c3sc4ccccc4c3c2)cc1. The van der Waals surface area contributed by atoms with Crippen LogP contribution >= 0.6 is 11.3 Å². The van der Waals surface area contributed by atoms with Gasteiger partial charge in [-0.25, -0.2) is 0 Å². The molecule has 0 bridgehead atoms. The fourth-order valence-electron chi connectivity index (χ4n) is 7.68. The number of rotatable bonds is 6. The molecule has 0 saturated heterocycles. The van der Waals surface area contributed by atoms with E-state index in [1.807, 2.05) is 11.3 Å². The Morgan fingerprint density at radius 2 is 0.961 bits per heavy atom. The smallest absolute Gasteiger partial charge is 0.0541 e. The second kappa shape index (κ2) is 12.2. The number of para-hydroxylation sites is 4. The first-order valence-corrected chi connectivity index (χ1v) is 18.2. The van der Waals surface area contributed by atoms with Gasteiger partial charge in [-0.1, -0.05) is 133 Å². The van der Waals surface area contributed by atoms with Gasteiger partial charge >= 0.3 is 0 Å². The van der Waals surface area contributed by atoms with Gasteiger partial charge in [-0.05, 0) is 71.8 Å². The number of nitrogens with zero attached hydrogens (tertiary/aromatic N) is 2. The summed E-state index contributed by atoms with van der Waals surface area (Å²) in [5, 5.41) is 5.10. The van der Waals surface area contributed by atoms with E-state index < -0.39 is 0 Å². The highest BCUT2D eigenvalue weighted by molar-refractivity contribution is 7.26. The van der Waals surface area contributed by atoms with E-state index in [2.05, 4.69) is 204 Å². The monoisotopic (exact) mass is 668 g/mol. The molecule has 2 aromatic heterocycles. The van der Waals surface area contributed by atoms with Crippen molar-refractivity contribution >= 4 is 70.4 Å². The molecule has 0 fully saturated rings. The Kier molecular flexibility index (Phi) is 7.04. The molecule has 0 aliphatic rings. The molecule has 2 nitrogen and oxygen atoms in total. The summed E-state index contributed by atoms with van der Waals surface area (Å²) in [6, 6.07) is 70.3. The summed E-state index contributed by atoms with van der Waals surface area (Å²) in [4.78, 5) is 2.42. The van der Waals surface area contributed by atoms with Crippen LogP contribution in [0.5, 0.6) is 0 Å². The summed E-state index contributed by atoms with van der Waals surface area (Å²) in [5.41, 5.74) is 11.8. The Balaban J connectivity index is 1.20. The Morgan fingerprint density at radius 1 is 0.392 bits per heavy atom. The van der Waals surface area contributed by atoms with Crippen LogP contribution in [0.2, 0.25) is 0 Å². The van der Waals surface area contributed by atoms with Crippen LogP contribution < -0.4 is 4.90 Å². The molecule has 0 aliphatic carbocycles. The summed E-state index contributed by atoms with van der Waals surface area (Å²) < 4.78 is 4.98. The molecular formula is C48H32N2S. The van der Waals surface area contributed by atoms with Gasteiger partial charge in [0.2, 0.25) is 0 Å². The van der Waals surface area contributed by atoms with Crippen molar-refractivity contribution in [2.45, 2.75) is 0 Å². The number of fused-ring (bicyclic) bond motifs is 6. The second-order valence-corrected chi connectivity index (χ2v) is 14.0. The second-order valence-electron chi connectivity index (χ2n) is 12.9. The number of aromatic nitrogens is 1. The minimum atomic E-state index is 1.12. The molecule has 8 aromatic carbocycles. The van der Waals surface area contributed by atoms with Crippen LogP contribution in [-0.4, -0.2) is 4.57 Å². The van der Waals surface area contributed by atoms with Crippen molar-refractivity contribution in [3.63, 3.8) is 0 Å². The molecule has 2 heterocycles. The van der Waals surface area contributed by atoms with Crippen LogP contribution in [0.3, 0.4) is 0 Å². The van der Waals surface area contributed by atoms with E-state index in [-0.39, 0.29) is 0 Å². The third-order valence-electron chi connectivity index (χ3n) is 9.98. The molecule has 0 unspecified atom stereocenters. The predicted molar refractivity (Wildman–Crippen MR) is 219 cm³/mol. The van der Waals surface area contributed by atoms with Gasteiger partial charge in [0.25, 0.3) is 0 Å². The fraction of sp³-hybridized carbons (Fsp3) is 0. The highest BCUT2D eigenvalue weighted by atomic mass is 32.1. The van der Waals surface area contributed by atoms with Crippen molar-refractivity contribution < 1.29 is 0 Å². The average Bonchev–Trinajstić information content (AvgIpc) is 3.75. The molecule has 0 saturated carbocycles. The summed E-state index contributed by atoms with van der Waals surface area (Å²) in [6.45, 7) is 0. The van der Waals surface area contributed by atoms with E-state index in [0.29, 0.717) is 0 Å². The van der Waals surface area contributed by atoms with Crippen molar-refractivity contribution in [3.8, 4) is 27.9 Å². The molecule has 10 rings (SSSR count). The maximum absolute atomic E-state index is 2.42. The number of anilines is 3. The molecule has 0 atom stereocenters. The van der Waals surface area contributed by atoms with E-state index in [1.165, 1.54) is 64.2 Å². The number of hydrogen-bond donors (Lipinski definition) is 0. The lowest BCUT2D eigenvalue weighted by molar-refractivity contribution is 1.18. The maximum atomic E-state index is 2.42. The third-order valence-corrected chi connectivity index (χ3v) is 11.2. The van der Waals surface area contributed by atoms with E-state index in [0.717, 1.165) is 22.7 Å². The van der Waals surface area contributed by atoms with Crippen LogP contribution in [0.15, 0.2) is 194 Å². The molecule has 0 amide bonds. The lowest BCUT2D eigenvalue weighted by atomic mass is 9.98. The standard InChI is InChI=1S/C48H32N2S/c1-3-15-33(16-4-1)38-19-7-11-23-44(38)49(35-17-5-2-6-18-35)37-31-42(48-43(32-37)41-22-10-14-26-47(41)51-48)34-27-29-36(30-28-34)50-45-24-12-8-20-39(45)40-21-9-13-25-46(40)50/h1-32H. The largest absolute Gasteiger partial charge is 0.310 e. The van der Waals surface area contributed by atoms with Crippen LogP contribution in [0, 0.1) is 0 Å². The van der Waals surface area contributed by atoms with E-state index in [9.17, 15) is 0 Å². The van der Waals surface area contributed by atoms with E-state index in [4.69, 9.17) is 0 Å². The molecule has 240 valence electrons. The molecular weight excluding hydrogens is 637 g/mol. The Bertz CT molecular complexity index is 2790. The topological polar surface area (TPSA) is 8.17 Å². The molecule has 51 heavy (non-hydrogen) atoms. The molecule has 0 aliphatic heterocycles. The first kappa shape index (κ1) is 29.5. The van der Waals surface area contributed by atoms with Crippen molar-refractivity contribution in [1.82, 2.24) is 4.57 Å². The van der Waals surface area contributed by atoms with Crippen molar-refractivity contribution in [2.24, 2.45) is 0 Å². The molecule has 0 spiro atoms. The van der Waals surface area contributed by atoms with Crippen LogP contribution in [0.4, 0.5) is 17.1 Å². The van der Waals surface area contributed by atoms with Gasteiger partial charge in [0.15, 0.2) is 0 Å². The zero-order valence-electron chi connectivity index (χ0n) is 27.8. The van der Waals surface area contributed by atoms with Gasteiger partial charge < -0.3 is 9.47 Å². The first-order valence-electron chi connectivity index (χ1n) is 17.4. The molecule has 10 aromatic rings. The average molecular weight is 669 g/mol. The minimum absolute atomic E-state index is 1.12. The summed E-state index contributed by atoms with van der Waals surface area (Å²) in [6.07, 6.45) is 0. The Hall–Kier alpha value is -6.42. The van der Waals surface area contributed by atoms with E-state index in [1.54, 1.807) is 0 Å². The van der Waals surface area contributed by atoms with Gasteiger partial charge in [0, 0.05) is 59.1 Å². The zero-order valence-corrected chi connectivity index (χ0v) is 28.6. The van der Waals surface area contributed by atoms with Crippen molar-refractivity contribution in [1.29, 1.82) is 0 Å². The zero-order chi connectivity index (χ0) is 33.7. The number of thiophene rings is 1. The van der Waals surface area contributed by atoms with Crippen LogP contribution in [-0.2, 0) is 0 Å². The minimum Gasteiger partial charge on any atom is -0.310 e. The number of hydrogen-bond acceptors (Lipinski definition) is 2. The molecule has 0 radical (unpaired) electrons. The van der Waals surface area contributed by atoms with Gasteiger partial charge in [-0.2, -0.15) is 0 Å². The first-order chi connectivity index (χ1) is 25.3. The Labute approximate surface area is 300 Å². The van der Waals surface area contributed by atoms with Gasteiger partial charge in [-0.15, -0.1) is 11.3 Å². The van der Waals surface area contributed by atoms with Gasteiger partial charge in [0.1, 0.15) is 0 Å². The lowest BCUT2D eigenvalue weighted by Crippen LogP contribution is -2.11. The summed E-state index contributed by atoms with van der Waals surface area (Å²) >= 11 is 1.88. The van der Waals surface area contributed by atoms with Gasteiger partial charge in [0.05, 0.1) is 16.7 Å². The van der Waals surface area contributed by atoms with Gasteiger partial charge in [-0.3, -0.25) is 0 Å². The summed E-state index contributed by atoms with van der Waals surface area (Å²) in [5.74, 6) is 0. The lowest BCUT2D eigenvalue weighted by Gasteiger charge is -2.28. The Morgan fingerprint density at radius 3 is 1.69 bits per heavy atom. The highest BCUT2D eigenvalue weighted by Gasteiger charge is 2.21. The third kappa shape index (κ3) is 4.93. The highest BCUT2D eigenvalue weighted by Crippen LogP contribution is 2.47. The maximum Gasteiger partial charge on any atom is 0.0541 e. The van der Waals surface area contributed by atoms with Crippen molar-refractivity contribution in [2.75, 3.05) is 4.90 Å². The number of benzene rings is 8. The molecule has 0 N–H and O–H groups in total. The fourth-order valence-corrected chi connectivity index (χ4v) is 8.90. The van der Waals surface area contributed by atoms with Crippen LogP contribution in [0.25, 0.3) is 69.9 Å². The quantitative estimate of drug-likeness (QED) is 0.171.